The smallest absolute Gasteiger partial charge is 0.263 e. The molecule has 0 aliphatic heterocycles. The zero-order valence-electron chi connectivity index (χ0n) is 5.34. The van der Waals surface area contributed by atoms with Gasteiger partial charge in [0.25, 0.3) is 6.07 Å². The van der Waals surface area contributed by atoms with E-state index in [-0.39, 0.29) is 0 Å². The Labute approximate surface area is 80.3 Å². The summed E-state index contributed by atoms with van der Waals surface area (Å²) < 4.78 is 3.29. The number of halogens is 2. The first-order valence-corrected chi connectivity index (χ1v) is 3.90. The van der Waals surface area contributed by atoms with E-state index in [1.54, 1.807) is 18.2 Å². The summed E-state index contributed by atoms with van der Waals surface area (Å²) in [6.45, 7) is 0. The lowest BCUT2D eigenvalue weighted by molar-refractivity contribution is 1.64. The Balaban J connectivity index is 3.28. The number of rotatable bonds is 0. The van der Waals surface area contributed by atoms with Crippen LogP contribution in [0.3, 0.4) is 0 Å². The molecule has 0 saturated heterocycles. The van der Waals surface area contributed by atoms with Crippen LogP contribution in [-0.2, 0) is 12.8 Å². The topological polar surface area (TPSA) is 4.36 Å². The van der Waals surface area contributed by atoms with Crippen molar-refractivity contribution in [3.05, 3.63) is 38.1 Å². The second-order valence-electron chi connectivity index (χ2n) is 1.80. The first kappa shape index (κ1) is 8.61. The van der Waals surface area contributed by atoms with Crippen molar-refractivity contribution in [2.24, 2.45) is 0 Å². The van der Waals surface area contributed by atoms with E-state index in [4.69, 9.17) is 23.2 Å². The van der Waals surface area contributed by atoms with Gasteiger partial charge < -0.3 is 0 Å². The molecule has 0 saturated carbocycles. The molecule has 0 aliphatic carbocycles. The lowest BCUT2D eigenvalue weighted by atomic mass is 10.2. The number of nitrogens with zero attached hydrogens (tertiary/aromatic N) is 1. The molecule has 0 bridgehead atoms. The standard InChI is InChI=1S/C7H3Cl2NS/c8-6-2-1-3-7(9)5(6)4-10-11/h1-3H. The molecular weight excluding hydrogens is 201 g/mol. The largest absolute Gasteiger partial charge is 0.294 e. The fraction of sp³-hybridized carbons (Fsp3) is 0. The molecule has 0 radical (unpaired) electrons. The first-order valence-electron chi connectivity index (χ1n) is 2.78. The van der Waals surface area contributed by atoms with E-state index >= 15 is 0 Å². The summed E-state index contributed by atoms with van der Waals surface area (Å²) in [5.74, 6) is 0. The molecule has 4 heteroatoms. The lowest BCUT2D eigenvalue weighted by Gasteiger charge is -1.92. The predicted molar refractivity (Wildman–Crippen MR) is 50.2 cm³/mol. The summed E-state index contributed by atoms with van der Waals surface area (Å²) in [5, 5.41) is 1.01. The minimum absolute atomic E-state index is 0.506. The van der Waals surface area contributed by atoms with Crippen molar-refractivity contribution in [3.63, 3.8) is 0 Å². The van der Waals surface area contributed by atoms with E-state index in [1.165, 1.54) is 0 Å². The average Bonchev–Trinajstić information content (AvgIpc) is 1.97. The average molecular weight is 204 g/mol. The highest BCUT2D eigenvalue weighted by atomic mass is 35.5. The van der Waals surface area contributed by atoms with E-state index in [0.29, 0.717) is 15.6 Å². The molecular formula is C7H3Cl2NS. The Kier molecular flexibility index (Phi) is 2.95. The molecule has 0 fully saturated rings. The Morgan fingerprint density at radius 2 is 1.82 bits per heavy atom. The molecule has 0 aliphatic rings. The SMILES string of the molecule is [S-][N+]#Cc1c(Cl)cccc1Cl. The third-order valence-electron chi connectivity index (χ3n) is 1.12. The van der Waals surface area contributed by atoms with Crippen molar-refractivity contribution >= 4 is 36.0 Å². The van der Waals surface area contributed by atoms with Crippen LogP contribution in [0.2, 0.25) is 10.0 Å². The maximum absolute atomic E-state index is 5.76. The second kappa shape index (κ2) is 3.77. The van der Waals surface area contributed by atoms with Gasteiger partial charge in [-0.15, -0.1) is 0 Å². The Morgan fingerprint density at radius 1 is 1.27 bits per heavy atom. The van der Waals surface area contributed by atoms with Crippen LogP contribution in [0.4, 0.5) is 0 Å². The molecule has 0 amide bonds. The highest BCUT2D eigenvalue weighted by Crippen LogP contribution is 2.22. The fourth-order valence-corrected chi connectivity index (χ4v) is 1.22. The first-order chi connectivity index (χ1) is 5.25. The van der Waals surface area contributed by atoms with Crippen LogP contribution in [0.15, 0.2) is 18.2 Å². The fourth-order valence-electron chi connectivity index (χ4n) is 0.650. The van der Waals surface area contributed by atoms with Gasteiger partial charge in [-0.25, -0.2) is 0 Å². The van der Waals surface area contributed by atoms with Crippen molar-refractivity contribution in [2.75, 3.05) is 0 Å². The van der Waals surface area contributed by atoms with Gasteiger partial charge in [-0.1, -0.05) is 29.3 Å². The molecule has 1 aromatic rings. The van der Waals surface area contributed by atoms with Gasteiger partial charge in [0, 0.05) is 0 Å². The van der Waals surface area contributed by atoms with E-state index in [1.807, 2.05) is 0 Å². The normalized spacial score (nSPS) is 8.55. The van der Waals surface area contributed by atoms with Gasteiger partial charge in [-0.05, 0) is 12.1 Å². The molecule has 0 unspecified atom stereocenters. The van der Waals surface area contributed by atoms with Crippen molar-refractivity contribution < 1.29 is 0 Å². The zero-order chi connectivity index (χ0) is 8.27. The molecule has 0 heterocycles. The maximum atomic E-state index is 5.76. The molecule has 0 atom stereocenters. The minimum Gasteiger partial charge on any atom is -0.263 e. The van der Waals surface area contributed by atoms with Crippen molar-refractivity contribution in [2.45, 2.75) is 0 Å². The Bertz CT molecular complexity index is 307. The number of hydrogen-bond donors (Lipinski definition) is 0. The van der Waals surface area contributed by atoms with Crippen molar-refractivity contribution in [1.82, 2.24) is 0 Å². The van der Waals surface area contributed by atoms with Crippen LogP contribution < -0.4 is 0 Å². The monoisotopic (exact) mass is 203 g/mol. The Morgan fingerprint density at radius 3 is 2.27 bits per heavy atom. The third-order valence-corrected chi connectivity index (χ3v) is 1.84. The quantitative estimate of drug-likeness (QED) is 0.587. The lowest BCUT2D eigenvalue weighted by Crippen LogP contribution is -1.77. The van der Waals surface area contributed by atoms with Gasteiger partial charge in [-0.3, -0.25) is 12.8 Å². The predicted octanol–water partition coefficient (Wildman–Crippen LogP) is 3.14. The van der Waals surface area contributed by atoms with Crippen molar-refractivity contribution in [3.8, 4) is 6.07 Å². The van der Waals surface area contributed by atoms with E-state index in [2.05, 4.69) is 23.1 Å². The Hall–Kier alpha value is -0.490. The highest BCUT2D eigenvalue weighted by molar-refractivity contribution is 7.61. The molecule has 0 N–H and O–H groups in total. The summed E-state index contributed by atoms with van der Waals surface area (Å²) in [6.07, 6.45) is 0. The van der Waals surface area contributed by atoms with Crippen LogP contribution in [0.5, 0.6) is 0 Å². The summed E-state index contributed by atoms with van der Waals surface area (Å²) in [7, 11) is 0. The molecule has 1 rings (SSSR count). The minimum atomic E-state index is 0.506. The van der Waals surface area contributed by atoms with Gasteiger partial charge in [0.2, 0.25) is 0 Å². The van der Waals surface area contributed by atoms with Gasteiger partial charge in [-0.2, -0.15) is 4.25 Å². The van der Waals surface area contributed by atoms with E-state index in [0.717, 1.165) is 0 Å². The molecule has 0 spiro atoms. The molecule has 1 nitrogen and oxygen atoms in total. The molecule has 0 aromatic heterocycles. The van der Waals surface area contributed by atoms with Gasteiger partial charge >= 0.3 is 0 Å². The number of benzene rings is 1. The van der Waals surface area contributed by atoms with Crippen LogP contribution in [0.25, 0.3) is 4.25 Å². The second-order valence-corrected chi connectivity index (χ2v) is 2.80. The maximum Gasteiger partial charge on any atom is 0.294 e. The zero-order valence-corrected chi connectivity index (χ0v) is 7.67. The number of hydrogen-bond acceptors (Lipinski definition) is 1. The van der Waals surface area contributed by atoms with Crippen LogP contribution in [0.1, 0.15) is 5.56 Å². The molecule has 11 heavy (non-hydrogen) atoms. The van der Waals surface area contributed by atoms with Gasteiger partial charge in [0.05, 0.1) is 10.0 Å². The van der Waals surface area contributed by atoms with E-state index < -0.39 is 0 Å². The van der Waals surface area contributed by atoms with Crippen molar-refractivity contribution in [1.29, 1.82) is 0 Å². The summed E-state index contributed by atoms with van der Waals surface area (Å²) in [5.41, 5.74) is 0.547. The van der Waals surface area contributed by atoms with Crippen LogP contribution >= 0.6 is 23.2 Å². The summed E-state index contributed by atoms with van der Waals surface area (Å²) in [4.78, 5) is 0. The van der Waals surface area contributed by atoms with Crippen LogP contribution in [-0.4, -0.2) is 0 Å². The van der Waals surface area contributed by atoms with Gasteiger partial charge in [0.15, 0.2) is 0 Å². The third kappa shape index (κ3) is 1.97. The van der Waals surface area contributed by atoms with Crippen LogP contribution in [0, 0.1) is 6.07 Å². The molecule has 1 aromatic carbocycles. The molecule has 56 valence electrons. The summed E-state index contributed by atoms with van der Waals surface area (Å²) in [6, 6.07) is 7.68. The van der Waals surface area contributed by atoms with Gasteiger partial charge in [0.1, 0.15) is 5.56 Å². The van der Waals surface area contributed by atoms with E-state index in [9.17, 15) is 0 Å². The highest BCUT2D eigenvalue weighted by Gasteiger charge is 2.05. The summed E-state index contributed by atoms with van der Waals surface area (Å²) >= 11 is 15.9.